The zero-order chi connectivity index (χ0) is 17.5. The molecule has 0 unspecified atom stereocenters. The summed E-state index contributed by atoms with van der Waals surface area (Å²) in [5.41, 5.74) is 6.77. The average molecular weight is 311 g/mol. The van der Waals surface area contributed by atoms with E-state index >= 15 is 0 Å². The van der Waals surface area contributed by atoms with E-state index in [0.717, 1.165) is 11.1 Å². The Morgan fingerprint density at radius 1 is 1.45 bits per heavy atom. The molecule has 22 heavy (non-hydrogen) atoms. The Hall–Kier alpha value is -2.08. The van der Waals surface area contributed by atoms with Crippen LogP contribution in [-0.2, 0) is 15.2 Å². The van der Waals surface area contributed by atoms with Crippen molar-refractivity contribution in [3.05, 3.63) is 28.8 Å². The van der Waals surface area contributed by atoms with Gasteiger partial charge in [0.1, 0.15) is 5.75 Å². The molecule has 0 aliphatic rings. The summed E-state index contributed by atoms with van der Waals surface area (Å²) >= 11 is 0. The van der Waals surface area contributed by atoms with Gasteiger partial charge in [0.2, 0.25) is 5.91 Å². The van der Waals surface area contributed by atoms with Gasteiger partial charge in [0, 0.05) is 5.56 Å². The minimum absolute atomic E-state index is 0.250. The maximum Gasteiger partial charge on any atom is 0.290 e. The maximum absolute atomic E-state index is 11.3. The van der Waals surface area contributed by atoms with Gasteiger partial charge in [-0.2, -0.15) is 0 Å². The van der Waals surface area contributed by atoms with Crippen molar-refractivity contribution in [3.8, 4) is 5.75 Å². The predicted molar refractivity (Wildman–Crippen MR) is 83.9 cm³/mol. The second-order valence-electron chi connectivity index (χ2n) is 5.38. The number of nitrogens with two attached hydrogens (primary N) is 1. The Bertz CT molecular complexity index is 520. The number of carbonyl (C=O) groups excluding carboxylic acids is 1. The van der Waals surface area contributed by atoms with Gasteiger partial charge < -0.3 is 20.7 Å². The van der Waals surface area contributed by atoms with Crippen LogP contribution in [0.2, 0.25) is 0 Å². The maximum atomic E-state index is 11.3. The molecule has 4 N–H and O–H groups in total. The molecule has 124 valence electrons. The number of amides is 1. The summed E-state index contributed by atoms with van der Waals surface area (Å²) in [6.45, 7) is 9.21. The molecule has 1 atom stereocenters. The number of carboxylic acid groups (broad SMARTS) is 1. The third-order valence-electron chi connectivity index (χ3n) is 3.29. The molecular weight excluding hydrogens is 286 g/mol. The van der Waals surface area contributed by atoms with Gasteiger partial charge in [-0.1, -0.05) is 12.1 Å². The first-order valence-corrected chi connectivity index (χ1v) is 6.98. The minimum Gasteiger partial charge on any atom is -0.493 e. The zero-order valence-electron chi connectivity index (χ0n) is 13.7. The number of rotatable bonds is 5. The number of hydrogen-bond acceptors (Lipinski definition) is 4. The molecule has 1 amide bonds. The SMILES string of the molecule is CCOc1c(C(C)(C)O)ccc([C@@H](C)C(N)=O)c1C.O=CO. The van der Waals surface area contributed by atoms with E-state index in [1.807, 2.05) is 19.9 Å². The van der Waals surface area contributed by atoms with Gasteiger partial charge in [-0.15, -0.1) is 0 Å². The summed E-state index contributed by atoms with van der Waals surface area (Å²) in [5.74, 6) is -0.114. The molecule has 6 heteroatoms. The molecule has 0 heterocycles. The molecule has 1 rings (SSSR count). The summed E-state index contributed by atoms with van der Waals surface area (Å²) in [6, 6.07) is 3.63. The van der Waals surface area contributed by atoms with E-state index in [0.29, 0.717) is 17.9 Å². The van der Waals surface area contributed by atoms with E-state index in [-0.39, 0.29) is 18.3 Å². The van der Waals surface area contributed by atoms with Crippen LogP contribution in [0.5, 0.6) is 5.75 Å². The van der Waals surface area contributed by atoms with Gasteiger partial charge in [-0.25, -0.2) is 0 Å². The van der Waals surface area contributed by atoms with Crippen LogP contribution in [0.15, 0.2) is 12.1 Å². The van der Waals surface area contributed by atoms with Crippen molar-refractivity contribution in [1.29, 1.82) is 0 Å². The third-order valence-corrected chi connectivity index (χ3v) is 3.29. The van der Waals surface area contributed by atoms with Crippen molar-refractivity contribution < 1.29 is 24.5 Å². The summed E-state index contributed by atoms with van der Waals surface area (Å²) < 4.78 is 5.65. The monoisotopic (exact) mass is 311 g/mol. The fraction of sp³-hybridized carbons (Fsp3) is 0.500. The second-order valence-corrected chi connectivity index (χ2v) is 5.38. The molecular formula is C16H25NO5. The number of benzene rings is 1. The number of primary amides is 1. The topological polar surface area (TPSA) is 110 Å². The van der Waals surface area contributed by atoms with E-state index in [9.17, 15) is 9.90 Å². The number of aliphatic hydroxyl groups is 1. The van der Waals surface area contributed by atoms with Gasteiger partial charge in [-0.3, -0.25) is 9.59 Å². The van der Waals surface area contributed by atoms with Gasteiger partial charge in [0.15, 0.2) is 0 Å². The standard InChI is InChI=1S/C15H23NO3.CH2O2/c1-6-19-13-9(2)11(10(3)14(16)17)7-8-12(13)15(4,5)18;2-1-3/h7-8,10,18H,6H2,1-5H3,(H2,16,17);1H,(H,2,3)/t10-;/m1./s1. The van der Waals surface area contributed by atoms with Gasteiger partial charge in [-0.05, 0) is 45.7 Å². The lowest BCUT2D eigenvalue weighted by Crippen LogP contribution is -2.22. The average Bonchev–Trinajstić information content (AvgIpc) is 2.40. The van der Waals surface area contributed by atoms with Crippen molar-refractivity contribution in [2.75, 3.05) is 6.61 Å². The molecule has 0 aromatic heterocycles. The Morgan fingerprint density at radius 3 is 2.32 bits per heavy atom. The van der Waals surface area contributed by atoms with Crippen LogP contribution in [0.4, 0.5) is 0 Å². The van der Waals surface area contributed by atoms with Crippen molar-refractivity contribution >= 4 is 12.4 Å². The van der Waals surface area contributed by atoms with E-state index in [1.54, 1.807) is 26.8 Å². The second kappa shape index (κ2) is 8.38. The number of carbonyl (C=O) groups is 2. The summed E-state index contributed by atoms with van der Waals surface area (Å²) in [7, 11) is 0. The van der Waals surface area contributed by atoms with Crippen LogP contribution in [0.25, 0.3) is 0 Å². The molecule has 1 aromatic rings. The van der Waals surface area contributed by atoms with Crippen LogP contribution < -0.4 is 10.5 Å². The summed E-state index contributed by atoms with van der Waals surface area (Å²) in [4.78, 5) is 19.7. The highest BCUT2D eigenvalue weighted by Gasteiger charge is 2.25. The highest BCUT2D eigenvalue weighted by Crippen LogP contribution is 2.36. The minimum atomic E-state index is -0.996. The van der Waals surface area contributed by atoms with Gasteiger partial charge in [0.25, 0.3) is 6.47 Å². The van der Waals surface area contributed by atoms with Crippen LogP contribution >= 0.6 is 0 Å². The molecule has 6 nitrogen and oxygen atoms in total. The fourth-order valence-electron chi connectivity index (χ4n) is 2.14. The molecule has 0 radical (unpaired) electrons. The molecule has 0 aliphatic carbocycles. The molecule has 0 aliphatic heterocycles. The Kier molecular flexibility index (Phi) is 7.59. The highest BCUT2D eigenvalue weighted by atomic mass is 16.5. The smallest absolute Gasteiger partial charge is 0.290 e. The van der Waals surface area contributed by atoms with Crippen molar-refractivity contribution in [1.82, 2.24) is 0 Å². The van der Waals surface area contributed by atoms with Crippen LogP contribution in [0, 0.1) is 6.92 Å². The first-order valence-electron chi connectivity index (χ1n) is 6.98. The molecule has 0 bridgehead atoms. The summed E-state index contributed by atoms with van der Waals surface area (Å²) in [6.07, 6.45) is 0. The van der Waals surface area contributed by atoms with E-state index in [4.69, 9.17) is 20.4 Å². The van der Waals surface area contributed by atoms with E-state index in [2.05, 4.69) is 0 Å². The molecule has 0 saturated heterocycles. The first kappa shape index (κ1) is 19.9. The Balaban J connectivity index is 0.00000135. The van der Waals surface area contributed by atoms with Gasteiger partial charge in [0.05, 0.1) is 18.1 Å². The zero-order valence-corrected chi connectivity index (χ0v) is 13.7. The number of hydrogen-bond donors (Lipinski definition) is 3. The third kappa shape index (κ3) is 5.04. The number of ether oxygens (including phenoxy) is 1. The van der Waals surface area contributed by atoms with E-state index < -0.39 is 5.60 Å². The fourth-order valence-corrected chi connectivity index (χ4v) is 2.14. The van der Waals surface area contributed by atoms with Crippen LogP contribution in [0.3, 0.4) is 0 Å². The lowest BCUT2D eigenvalue weighted by atomic mass is 9.88. The molecule has 0 saturated carbocycles. The molecule has 1 aromatic carbocycles. The normalized spacial score (nSPS) is 11.9. The summed E-state index contributed by atoms with van der Waals surface area (Å²) in [5, 5.41) is 17.1. The van der Waals surface area contributed by atoms with Crippen LogP contribution in [0.1, 0.15) is 50.3 Å². The lowest BCUT2D eigenvalue weighted by molar-refractivity contribution is -0.123. The van der Waals surface area contributed by atoms with Crippen molar-refractivity contribution in [2.45, 2.75) is 46.1 Å². The first-order chi connectivity index (χ1) is 10.1. The quantitative estimate of drug-likeness (QED) is 0.719. The molecule has 0 spiro atoms. The largest absolute Gasteiger partial charge is 0.493 e. The Labute approximate surface area is 130 Å². The predicted octanol–water partition coefficient (Wildman–Crippen LogP) is 1.91. The highest BCUT2D eigenvalue weighted by molar-refractivity contribution is 5.82. The Morgan fingerprint density at radius 2 is 1.95 bits per heavy atom. The van der Waals surface area contributed by atoms with Crippen molar-refractivity contribution in [2.24, 2.45) is 5.73 Å². The van der Waals surface area contributed by atoms with Gasteiger partial charge >= 0.3 is 0 Å². The molecule has 0 fully saturated rings. The van der Waals surface area contributed by atoms with E-state index in [1.165, 1.54) is 0 Å². The van der Waals surface area contributed by atoms with Crippen LogP contribution in [-0.4, -0.2) is 29.2 Å². The van der Waals surface area contributed by atoms with Crippen molar-refractivity contribution in [3.63, 3.8) is 0 Å². The lowest BCUT2D eigenvalue weighted by Gasteiger charge is -2.25.